The van der Waals surface area contributed by atoms with Crippen LogP contribution in [0.2, 0.25) is 0 Å². The zero-order chi connectivity index (χ0) is 35.2. The van der Waals surface area contributed by atoms with Crippen molar-refractivity contribution >= 4 is 0 Å². The lowest BCUT2D eigenvalue weighted by Crippen LogP contribution is -2.47. The van der Waals surface area contributed by atoms with Gasteiger partial charge in [0.05, 0.1) is 54.0 Å². The van der Waals surface area contributed by atoms with E-state index < -0.39 is 0 Å². The molecule has 0 unspecified atom stereocenters. The van der Waals surface area contributed by atoms with Crippen LogP contribution in [0.3, 0.4) is 0 Å². The quantitative estimate of drug-likeness (QED) is 0.270. The third kappa shape index (κ3) is 16.1. The molecule has 0 aromatic carbocycles. The number of tetrazole rings is 2. The van der Waals surface area contributed by atoms with Gasteiger partial charge in [0.15, 0.2) is 6.33 Å². The van der Waals surface area contributed by atoms with Gasteiger partial charge in [-0.2, -0.15) is 19.8 Å². The van der Waals surface area contributed by atoms with Crippen LogP contribution in [0, 0.1) is 0 Å². The van der Waals surface area contributed by atoms with Crippen molar-refractivity contribution in [1.82, 2.24) is 75.3 Å². The first-order valence-electron chi connectivity index (χ1n) is 15.6. The molecule has 0 saturated carbocycles. The topological polar surface area (TPSA) is 161 Å². The van der Waals surface area contributed by atoms with Gasteiger partial charge in [0, 0.05) is 24.8 Å². The highest BCUT2D eigenvalue weighted by Gasteiger charge is 2.22. The summed E-state index contributed by atoms with van der Waals surface area (Å²) in [5.41, 5.74) is 0.365. The molecule has 16 nitrogen and oxygen atoms in total. The third-order valence-electron chi connectivity index (χ3n) is 6.07. The Hall–Kier alpha value is -3.66. The lowest BCUT2D eigenvalue weighted by Gasteiger charge is -2.38. The molecule has 1 aliphatic rings. The van der Waals surface area contributed by atoms with Crippen molar-refractivity contribution in [3.05, 3.63) is 37.4 Å². The second-order valence-corrected chi connectivity index (χ2v) is 15.6. The highest BCUT2D eigenvalue weighted by molar-refractivity contribution is 4.77. The number of morpholine rings is 1. The van der Waals surface area contributed by atoms with Crippen LogP contribution < -0.4 is 0 Å². The van der Waals surface area contributed by atoms with Crippen molar-refractivity contribution in [2.75, 3.05) is 26.3 Å². The summed E-state index contributed by atoms with van der Waals surface area (Å²) in [6.45, 7) is 35.4. The van der Waals surface area contributed by atoms with E-state index in [2.05, 4.69) is 119 Å². The van der Waals surface area contributed by atoms with Gasteiger partial charge in [-0.1, -0.05) is 5.21 Å². The third-order valence-corrected chi connectivity index (χ3v) is 6.07. The highest BCUT2D eigenvalue weighted by Crippen LogP contribution is 2.14. The first kappa shape index (κ1) is 40.4. The van der Waals surface area contributed by atoms with Gasteiger partial charge < -0.3 is 4.74 Å². The molecule has 5 rings (SSSR count). The minimum Gasteiger partial charge on any atom is -0.379 e. The van der Waals surface area contributed by atoms with Crippen molar-refractivity contribution in [3.63, 3.8) is 0 Å². The molecular formula is C30H59N15O. The summed E-state index contributed by atoms with van der Waals surface area (Å²) in [6, 6.07) is 0. The van der Waals surface area contributed by atoms with Crippen LogP contribution >= 0.6 is 0 Å². The first-order valence-corrected chi connectivity index (χ1v) is 15.6. The minimum atomic E-state index is -0.0451. The zero-order valence-corrected chi connectivity index (χ0v) is 30.9. The molecular weight excluding hydrogens is 586 g/mol. The van der Waals surface area contributed by atoms with Gasteiger partial charge in [-0.05, 0) is 119 Å². The lowest BCUT2D eigenvalue weighted by molar-refractivity contribution is -0.00389. The van der Waals surface area contributed by atoms with E-state index in [1.165, 1.54) is 6.33 Å². The van der Waals surface area contributed by atoms with Crippen LogP contribution in [0.1, 0.15) is 104 Å². The van der Waals surface area contributed by atoms with Gasteiger partial charge in [-0.3, -0.25) is 4.90 Å². The Morgan fingerprint density at radius 2 is 1.04 bits per heavy atom. The Labute approximate surface area is 275 Å². The average Bonchev–Trinajstić information content (AvgIpc) is 3.77. The number of hydrogen-bond acceptors (Lipinski definition) is 12. The van der Waals surface area contributed by atoms with Crippen LogP contribution in [0.15, 0.2) is 37.4 Å². The van der Waals surface area contributed by atoms with Crippen LogP contribution in [0.25, 0.3) is 0 Å². The van der Waals surface area contributed by atoms with Crippen molar-refractivity contribution in [3.8, 4) is 0 Å². The second-order valence-electron chi connectivity index (χ2n) is 15.6. The molecule has 5 heterocycles. The van der Waals surface area contributed by atoms with Gasteiger partial charge in [-0.15, -0.1) is 20.4 Å². The zero-order valence-electron chi connectivity index (χ0n) is 30.9. The van der Waals surface area contributed by atoms with E-state index in [9.17, 15) is 0 Å². The Morgan fingerprint density at radius 1 is 0.500 bits per heavy atom. The maximum Gasteiger partial charge on any atom is 0.162 e. The van der Waals surface area contributed by atoms with E-state index in [0.29, 0.717) is 5.54 Å². The summed E-state index contributed by atoms with van der Waals surface area (Å²) >= 11 is 0. The molecule has 1 aliphatic heterocycles. The normalized spacial score (nSPS) is 14.3. The molecule has 0 aliphatic carbocycles. The fraction of sp³-hybridized carbons (Fsp3) is 0.800. The molecule has 1 saturated heterocycles. The van der Waals surface area contributed by atoms with Crippen LogP contribution in [0.4, 0.5) is 0 Å². The Balaban J connectivity index is 0.000000288. The number of ether oxygens (including phenoxy) is 1. The van der Waals surface area contributed by atoms with Crippen molar-refractivity contribution in [1.29, 1.82) is 0 Å². The van der Waals surface area contributed by atoms with Crippen molar-refractivity contribution < 1.29 is 4.74 Å². The van der Waals surface area contributed by atoms with E-state index in [0.717, 1.165) is 26.3 Å². The molecule has 0 amide bonds. The SMILES string of the molecule is CC(C)(C)N1CCOCC1.CC(C)(C)n1ccnn1.CC(C)(C)n1cnnn1.CC(C)(C)n1nccn1.CC(C)(C)n1ncnn1. The smallest absolute Gasteiger partial charge is 0.162 e. The standard InChI is InChI=1S/C8H17NO.2C6H11N3.2C5H10N4/c1-8(2,3)9-4-6-10-7-5-9;1-6(2,3)9-5-4-7-8-9;1-6(2,3)9-7-4-5-8-9;1-5(2,3)9-4-6-7-8-9;1-5(2,3)9-7-4-6-8-9/h4-7H2,1-3H3;2*4-5H,1-3H3;2*4H,1-3H3. The van der Waals surface area contributed by atoms with Gasteiger partial charge in [0.1, 0.15) is 6.33 Å². The van der Waals surface area contributed by atoms with Crippen LogP contribution in [-0.4, -0.2) is 107 Å². The lowest BCUT2D eigenvalue weighted by atomic mass is 10.1. The maximum absolute atomic E-state index is 5.25. The molecule has 1 fully saturated rings. The number of rotatable bonds is 0. The van der Waals surface area contributed by atoms with Crippen LogP contribution in [-0.2, 0) is 26.9 Å². The predicted octanol–water partition coefficient (Wildman–Crippen LogP) is 4.04. The molecule has 260 valence electrons. The number of aromatic nitrogens is 14. The van der Waals surface area contributed by atoms with Crippen molar-refractivity contribution in [2.24, 2.45) is 0 Å². The second kappa shape index (κ2) is 17.3. The fourth-order valence-corrected chi connectivity index (χ4v) is 3.31. The van der Waals surface area contributed by atoms with E-state index in [1.807, 2.05) is 52.4 Å². The Morgan fingerprint density at radius 3 is 1.28 bits per heavy atom. The molecule has 0 bridgehead atoms. The van der Waals surface area contributed by atoms with Gasteiger partial charge in [-0.25, -0.2) is 9.36 Å². The summed E-state index contributed by atoms with van der Waals surface area (Å²) in [4.78, 5) is 5.72. The summed E-state index contributed by atoms with van der Waals surface area (Å²) < 4.78 is 8.79. The summed E-state index contributed by atoms with van der Waals surface area (Å²) in [6.07, 6.45) is 9.97. The monoisotopic (exact) mass is 646 g/mol. The predicted molar refractivity (Wildman–Crippen MR) is 178 cm³/mol. The van der Waals surface area contributed by atoms with E-state index in [1.54, 1.807) is 39.2 Å². The number of nitrogens with zero attached hydrogens (tertiary/aromatic N) is 15. The summed E-state index contributed by atoms with van der Waals surface area (Å²) in [7, 11) is 0. The molecule has 46 heavy (non-hydrogen) atoms. The van der Waals surface area contributed by atoms with E-state index in [4.69, 9.17) is 4.74 Å². The Kier molecular flexibility index (Phi) is 15.2. The average molecular weight is 646 g/mol. The molecule has 0 radical (unpaired) electrons. The van der Waals surface area contributed by atoms with Crippen molar-refractivity contribution in [2.45, 2.75) is 132 Å². The van der Waals surface area contributed by atoms with E-state index in [-0.39, 0.29) is 22.2 Å². The van der Waals surface area contributed by atoms with Gasteiger partial charge in [0.2, 0.25) is 0 Å². The molecule has 0 spiro atoms. The molecule has 0 N–H and O–H groups in total. The summed E-state index contributed by atoms with van der Waals surface area (Å²) in [5, 5.41) is 37.5. The largest absolute Gasteiger partial charge is 0.379 e. The first-order chi connectivity index (χ1) is 21.0. The van der Waals surface area contributed by atoms with Gasteiger partial charge in [0.25, 0.3) is 0 Å². The molecule has 16 heteroatoms. The van der Waals surface area contributed by atoms with Crippen LogP contribution in [0.5, 0.6) is 0 Å². The Bertz CT molecular complexity index is 1080. The minimum absolute atomic E-state index is 0.00347. The summed E-state index contributed by atoms with van der Waals surface area (Å²) in [5.74, 6) is 0. The fourth-order valence-electron chi connectivity index (χ4n) is 3.31. The molecule has 4 aromatic rings. The van der Waals surface area contributed by atoms with Gasteiger partial charge >= 0.3 is 0 Å². The highest BCUT2D eigenvalue weighted by atomic mass is 16.5. The number of hydrogen-bond donors (Lipinski definition) is 0. The molecule has 4 aromatic heterocycles. The van der Waals surface area contributed by atoms with E-state index >= 15 is 0 Å². The maximum atomic E-state index is 5.25. The molecule has 0 atom stereocenters.